The average molecular weight is 237 g/mol. The Hall–Kier alpha value is -0.960. The van der Waals surface area contributed by atoms with Crippen molar-refractivity contribution in [1.82, 2.24) is 0 Å². The van der Waals surface area contributed by atoms with Crippen LogP contribution in [0.25, 0.3) is 0 Å². The molecule has 1 aromatic carbocycles. The lowest BCUT2D eigenvalue weighted by Crippen LogP contribution is -2.19. The molecule has 2 nitrogen and oxygen atoms in total. The summed E-state index contributed by atoms with van der Waals surface area (Å²) in [4.78, 5) is 0. The summed E-state index contributed by atoms with van der Waals surface area (Å²) in [6.07, 6.45) is 2.48. The summed E-state index contributed by atoms with van der Waals surface area (Å²) >= 11 is 0. The van der Waals surface area contributed by atoms with E-state index in [4.69, 9.17) is 0 Å². The molecule has 0 heterocycles. The van der Waals surface area contributed by atoms with Gasteiger partial charge in [0.1, 0.15) is 11.0 Å². The van der Waals surface area contributed by atoms with Crippen LogP contribution in [-0.4, -0.2) is 15.2 Å². The van der Waals surface area contributed by atoms with E-state index < -0.39 is 11.0 Å². The summed E-state index contributed by atoms with van der Waals surface area (Å²) < 4.78 is 15.4. The number of hydrogen-bond acceptors (Lipinski definition) is 1. The van der Waals surface area contributed by atoms with E-state index in [9.17, 15) is 4.21 Å². The fourth-order valence-electron chi connectivity index (χ4n) is 1.09. The summed E-state index contributed by atoms with van der Waals surface area (Å²) in [5, 5.41) is 0. The normalized spacial score (nSPS) is 14.2. The second kappa shape index (κ2) is 5.39. The zero-order chi connectivity index (χ0) is 12.2. The zero-order valence-electron chi connectivity index (χ0n) is 10.4. The van der Waals surface area contributed by atoms with E-state index in [-0.39, 0.29) is 4.75 Å². The van der Waals surface area contributed by atoms with Crippen molar-refractivity contribution in [3.8, 4) is 0 Å². The highest BCUT2D eigenvalue weighted by Crippen LogP contribution is 2.11. The molecule has 88 valence electrons. The number of hydrogen-bond donors (Lipinski definition) is 0. The Labute approximate surface area is 100 Å². The van der Waals surface area contributed by atoms with Crippen molar-refractivity contribution < 1.29 is 4.21 Å². The third kappa shape index (κ3) is 4.27. The molecule has 0 spiro atoms. The maximum absolute atomic E-state index is 11.6. The van der Waals surface area contributed by atoms with Gasteiger partial charge in [-0.25, -0.2) is 4.21 Å². The van der Waals surface area contributed by atoms with Gasteiger partial charge in [-0.1, -0.05) is 29.8 Å². The van der Waals surface area contributed by atoms with Crippen LogP contribution < -0.4 is 0 Å². The molecule has 1 rings (SSSR count). The Bertz CT molecular complexity index is 387. The molecule has 1 aromatic rings. The van der Waals surface area contributed by atoms with Crippen molar-refractivity contribution in [3.05, 3.63) is 35.4 Å². The van der Waals surface area contributed by atoms with Gasteiger partial charge >= 0.3 is 0 Å². The van der Waals surface area contributed by atoms with Crippen molar-refractivity contribution in [1.29, 1.82) is 0 Å². The molecule has 0 saturated heterocycles. The second-order valence-corrected chi connectivity index (χ2v) is 6.77. The summed E-state index contributed by atoms with van der Waals surface area (Å²) in [6.45, 7) is 7.83. The number of aryl methyl sites for hydroxylation is 1. The summed E-state index contributed by atoms with van der Waals surface area (Å²) in [5.74, 6) is 0. The van der Waals surface area contributed by atoms with Crippen LogP contribution >= 0.6 is 0 Å². The van der Waals surface area contributed by atoms with Gasteiger partial charge in [-0.3, -0.25) is 0 Å². The second-order valence-electron chi connectivity index (χ2n) is 4.84. The lowest BCUT2D eigenvalue weighted by Gasteiger charge is -2.12. The highest BCUT2D eigenvalue weighted by atomic mass is 32.2. The average Bonchev–Trinajstić information content (AvgIpc) is 2.19. The van der Waals surface area contributed by atoms with Crippen molar-refractivity contribution >= 4 is 17.2 Å². The predicted molar refractivity (Wildman–Crippen MR) is 71.3 cm³/mol. The lowest BCUT2D eigenvalue weighted by molar-refractivity contribution is 0.651. The molecule has 0 fully saturated rings. The smallest absolute Gasteiger partial charge is 0.144 e. The molecule has 1 atom stereocenters. The SMILES string of the molecule is Cc1ccc(C/C=N/S(=O)C(C)(C)C)cc1. The first-order valence-corrected chi connectivity index (χ1v) is 6.50. The molecule has 16 heavy (non-hydrogen) atoms. The van der Waals surface area contributed by atoms with Gasteiger partial charge in [0.25, 0.3) is 0 Å². The molecule has 1 unspecified atom stereocenters. The lowest BCUT2D eigenvalue weighted by atomic mass is 10.1. The van der Waals surface area contributed by atoms with Gasteiger partial charge < -0.3 is 0 Å². The summed E-state index contributed by atoms with van der Waals surface area (Å²) in [5.41, 5.74) is 2.44. The van der Waals surface area contributed by atoms with Crippen LogP contribution in [0.3, 0.4) is 0 Å². The van der Waals surface area contributed by atoms with Gasteiger partial charge in [-0.05, 0) is 33.3 Å². The number of nitrogens with zero attached hydrogens (tertiary/aromatic N) is 1. The van der Waals surface area contributed by atoms with Crippen LogP contribution in [-0.2, 0) is 17.4 Å². The van der Waals surface area contributed by atoms with E-state index in [1.54, 1.807) is 6.21 Å². The van der Waals surface area contributed by atoms with E-state index in [0.717, 1.165) is 6.42 Å². The Morgan fingerprint density at radius 1 is 1.25 bits per heavy atom. The van der Waals surface area contributed by atoms with E-state index >= 15 is 0 Å². The first-order chi connectivity index (χ1) is 7.39. The molecule has 0 aliphatic rings. The fraction of sp³-hybridized carbons (Fsp3) is 0.462. The Morgan fingerprint density at radius 3 is 2.31 bits per heavy atom. The maximum atomic E-state index is 11.6. The molecule has 0 saturated carbocycles. The molecule has 0 aliphatic heterocycles. The molecule has 0 aliphatic carbocycles. The first kappa shape index (κ1) is 13.1. The van der Waals surface area contributed by atoms with Gasteiger partial charge in [-0.15, -0.1) is 0 Å². The largest absolute Gasteiger partial charge is 0.234 e. The van der Waals surface area contributed by atoms with Crippen LogP contribution in [0.4, 0.5) is 0 Å². The first-order valence-electron chi connectivity index (χ1n) is 5.39. The standard InChI is InChI=1S/C13H19NOS/c1-11-5-7-12(8-6-11)9-10-14-16(15)13(2,3)4/h5-8,10H,9H2,1-4H3/b14-10+. The highest BCUT2D eigenvalue weighted by Gasteiger charge is 2.17. The van der Waals surface area contributed by atoms with Crippen LogP contribution in [0.15, 0.2) is 28.7 Å². The minimum absolute atomic E-state index is 0.274. The van der Waals surface area contributed by atoms with Crippen molar-refractivity contribution in [2.75, 3.05) is 0 Å². The minimum atomic E-state index is -1.15. The van der Waals surface area contributed by atoms with Crippen molar-refractivity contribution in [2.45, 2.75) is 38.9 Å². The molecule has 0 N–H and O–H groups in total. The zero-order valence-corrected chi connectivity index (χ0v) is 11.2. The van der Waals surface area contributed by atoms with Crippen LogP contribution in [0.1, 0.15) is 31.9 Å². The van der Waals surface area contributed by atoms with E-state index in [0.29, 0.717) is 0 Å². The highest BCUT2D eigenvalue weighted by molar-refractivity contribution is 7.85. The van der Waals surface area contributed by atoms with E-state index in [1.807, 2.05) is 20.8 Å². The fourth-order valence-corrected chi connectivity index (χ4v) is 1.62. The van der Waals surface area contributed by atoms with Crippen LogP contribution in [0.5, 0.6) is 0 Å². The summed E-state index contributed by atoms with van der Waals surface area (Å²) in [7, 11) is -1.15. The molecular formula is C13H19NOS. The van der Waals surface area contributed by atoms with Gasteiger partial charge in [0.15, 0.2) is 0 Å². The van der Waals surface area contributed by atoms with Crippen molar-refractivity contribution in [2.24, 2.45) is 4.40 Å². The topological polar surface area (TPSA) is 29.4 Å². The Morgan fingerprint density at radius 2 is 1.81 bits per heavy atom. The summed E-state index contributed by atoms with van der Waals surface area (Å²) in [6, 6.07) is 8.29. The Kier molecular flexibility index (Phi) is 4.42. The minimum Gasteiger partial charge on any atom is -0.234 e. The number of rotatable bonds is 3. The van der Waals surface area contributed by atoms with E-state index in [2.05, 4.69) is 35.6 Å². The molecule has 0 radical (unpaired) electrons. The van der Waals surface area contributed by atoms with Gasteiger partial charge in [0, 0.05) is 12.6 Å². The number of benzene rings is 1. The van der Waals surface area contributed by atoms with Gasteiger partial charge in [0.05, 0.1) is 4.75 Å². The van der Waals surface area contributed by atoms with Gasteiger partial charge in [0.2, 0.25) is 0 Å². The van der Waals surface area contributed by atoms with Crippen molar-refractivity contribution in [3.63, 3.8) is 0 Å². The third-order valence-corrected chi connectivity index (χ3v) is 3.53. The Balaban J connectivity index is 2.55. The third-order valence-electron chi connectivity index (χ3n) is 2.14. The molecule has 0 bridgehead atoms. The van der Waals surface area contributed by atoms with Crippen LogP contribution in [0.2, 0.25) is 0 Å². The molecule has 0 amide bonds. The molecule has 0 aromatic heterocycles. The predicted octanol–water partition coefficient (Wildman–Crippen LogP) is 3.07. The molecular weight excluding hydrogens is 218 g/mol. The maximum Gasteiger partial charge on any atom is 0.144 e. The quantitative estimate of drug-likeness (QED) is 0.743. The molecule has 3 heteroatoms. The van der Waals surface area contributed by atoms with E-state index in [1.165, 1.54) is 11.1 Å². The van der Waals surface area contributed by atoms with Gasteiger partial charge in [-0.2, -0.15) is 4.40 Å². The van der Waals surface area contributed by atoms with Crippen LogP contribution in [0, 0.1) is 6.92 Å². The monoisotopic (exact) mass is 237 g/mol.